The van der Waals surface area contributed by atoms with E-state index in [0.717, 1.165) is 5.56 Å². The van der Waals surface area contributed by atoms with Crippen molar-refractivity contribution in [3.8, 4) is 28.7 Å². The normalized spacial score (nSPS) is 22.4. The van der Waals surface area contributed by atoms with Crippen molar-refractivity contribution in [2.75, 3.05) is 27.4 Å². The van der Waals surface area contributed by atoms with Gasteiger partial charge in [0.25, 0.3) is 10.1 Å². The highest BCUT2D eigenvalue weighted by Crippen LogP contribution is 2.49. The standard InChI is InChI=1S/C30H28O9S/c1-17-5-7-18(8-6-17)40(32,33)37-16-30(2)12-11-19-22(39-30)10-9-20-28(31)27-21-13-24(34-3)25(35-4)14-23(21)36-15-26(27)38-29(19)20/h5-14,26-27H,15-16H2,1-4H3. The van der Waals surface area contributed by atoms with Crippen LogP contribution in [0, 0.1) is 6.92 Å². The van der Waals surface area contributed by atoms with Gasteiger partial charge in [0.15, 0.2) is 17.3 Å². The van der Waals surface area contributed by atoms with Crippen molar-refractivity contribution >= 4 is 22.0 Å². The molecule has 3 unspecified atom stereocenters. The molecule has 0 aliphatic carbocycles. The summed E-state index contributed by atoms with van der Waals surface area (Å²) in [5.74, 6) is 1.75. The summed E-state index contributed by atoms with van der Waals surface area (Å²) in [6, 6.07) is 13.3. The van der Waals surface area contributed by atoms with Crippen molar-refractivity contribution in [1.29, 1.82) is 0 Å². The van der Waals surface area contributed by atoms with Crippen LogP contribution in [-0.2, 0) is 14.3 Å². The lowest BCUT2D eigenvalue weighted by Gasteiger charge is -2.39. The van der Waals surface area contributed by atoms with E-state index in [4.69, 9.17) is 27.9 Å². The minimum Gasteiger partial charge on any atom is -0.493 e. The topological polar surface area (TPSA) is 107 Å². The van der Waals surface area contributed by atoms with Crippen LogP contribution in [-0.4, -0.2) is 53.3 Å². The number of ketones is 1. The largest absolute Gasteiger partial charge is 0.493 e. The number of hydrogen-bond acceptors (Lipinski definition) is 9. The highest BCUT2D eigenvalue weighted by molar-refractivity contribution is 7.86. The lowest BCUT2D eigenvalue weighted by molar-refractivity contribution is 0.0540. The molecule has 40 heavy (non-hydrogen) atoms. The highest BCUT2D eigenvalue weighted by Gasteiger charge is 2.45. The summed E-state index contributed by atoms with van der Waals surface area (Å²) in [5.41, 5.74) is 1.58. The number of methoxy groups -OCH3 is 2. The van der Waals surface area contributed by atoms with Crippen LogP contribution in [0.15, 0.2) is 59.5 Å². The van der Waals surface area contributed by atoms with Gasteiger partial charge in [-0.3, -0.25) is 8.98 Å². The fourth-order valence-electron chi connectivity index (χ4n) is 5.18. The van der Waals surface area contributed by atoms with E-state index in [1.807, 2.05) is 6.92 Å². The third-order valence-corrected chi connectivity index (χ3v) is 8.63. The van der Waals surface area contributed by atoms with Crippen LogP contribution in [0.3, 0.4) is 0 Å². The molecule has 3 aromatic rings. The van der Waals surface area contributed by atoms with Gasteiger partial charge >= 0.3 is 0 Å². The number of rotatable bonds is 6. The maximum Gasteiger partial charge on any atom is 0.297 e. The smallest absolute Gasteiger partial charge is 0.297 e. The van der Waals surface area contributed by atoms with Gasteiger partial charge in [-0.2, -0.15) is 8.42 Å². The van der Waals surface area contributed by atoms with E-state index < -0.39 is 27.7 Å². The van der Waals surface area contributed by atoms with Gasteiger partial charge < -0.3 is 23.7 Å². The zero-order valence-corrected chi connectivity index (χ0v) is 23.2. The summed E-state index contributed by atoms with van der Waals surface area (Å²) in [7, 11) is -0.896. The van der Waals surface area contributed by atoms with E-state index in [1.54, 1.807) is 62.6 Å². The number of fused-ring (bicyclic) bond motifs is 6. The van der Waals surface area contributed by atoms with Crippen molar-refractivity contribution in [2.45, 2.75) is 36.4 Å². The third kappa shape index (κ3) is 4.37. The number of hydrogen-bond donors (Lipinski definition) is 0. The van der Waals surface area contributed by atoms with Crippen LogP contribution in [0.4, 0.5) is 0 Å². The van der Waals surface area contributed by atoms with E-state index >= 15 is 0 Å². The quantitative estimate of drug-likeness (QED) is 0.394. The Morgan fingerprint density at radius 2 is 1.73 bits per heavy atom. The van der Waals surface area contributed by atoms with Crippen LogP contribution in [0.1, 0.15) is 39.9 Å². The Hall–Kier alpha value is -4.02. The van der Waals surface area contributed by atoms with Gasteiger partial charge in [0, 0.05) is 11.6 Å². The molecule has 6 rings (SSSR count). The molecule has 3 heterocycles. The molecule has 0 saturated heterocycles. The molecular weight excluding hydrogens is 536 g/mol. The van der Waals surface area contributed by atoms with Gasteiger partial charge in [-0.05, 0) is 56.3 Å². The molecule has 10 heteroatoms. The average molecular weight is 565 g/mol. The maximum absolute atomic E-state index is 13.8. The number of Topliss-reactive ketones (excluding diaryl/α,β-unsaturated/α-hetero) is 1. The van der Waals surface area contributed by atoms with Crippen molar-refractivity contribution in [3.63, 3.8) is 0 Å². The van der Waals surface area contributed by atoms with Crippen LogP contribution in [0.5, 0.6) is 28.7 Å². The van der Waals surface area contributed by atoms with Crippen LogP contribution in [0.25, 0.3) is 6.08 Å². The second kappa shape index (κ2) is 9.57. The Morgan fingerprint density at radius 1 is 1.00 bits per heavy atom. The minimum absolute atomic E-state index is 0.0739. The molecule has 208 valence electrons. The number of ether oxygens (including phenoxy) is 5. The highest BCUT2D eigenvalue weighted by atomic mass is 32.2. The van der Waals surface area contributed by atoms with Gasteiger partial charge in [-0.15, -0.1) is 0 Å². The summed E-state index contributed by atoms with van der Waals surface area (Å²) < 4.78 is 60.1. The first-order chi connectivity index (χ1) is 19.1. The van der Waals surface area contributed by atoms with Crippen molar-refractivity contribution in [3.05, 3.63) is 76.9 Å². The molecule has 0 amide bonds. The lowest BCUT2D eigenvalue weighted by atomic mass is 9.81. The predicted molar refractivity (Wildman–Crippen MR) is 145 cm³/mol. The molecule has 3 aliphatic heterocycles. The molecular formula is C30H28O9S. The van der Waals surface area contributed by atoms with E-state index in [1.165, 1.54) is 19.2 Å². The minimum atomic E-state index is -3.97. The van der Waals surface area contributed by atoms with Crippen molar-refractivity contribution in [2.24, 2.45) is 0 Å². The number of carbonyl (C=O) groups is 1. The molecule has 0 saturated carbocycles. The Kier molecular flexibility index (Phi) is 6.27. The Labute approximate surface area is 232 Å². The molecule has 0 bridgehead atoms. The van der Waals surface area contributed by atoms with Gasteiger partial charge in [0.1, 0.15) is 42.2 Å². The van der Waals surface area contributed by atoms with E-state index in [2.05, 4.69) is 0 Å². The average Bonchev–Trinajstić information content (AvgIpc) is 2.95. The summed E-state index contributed by atoms with van der Waals surface area (Å²) in [5, 5.41) is 0. The third-order valence-electron chi connectivity index (χ3n) is 7.36. The number of carbonyl (C=O) groups excluding carboxylic acids is 1. The molecule has 0 radical (unpaired) electrons. The van der Waals surface area contributed by atoms with Gasteiger partial charge in [-0.25, -0.2) is 0 Å². The summed E-state index contributed by atoms with van der Waals surface area (Å²) >= 11 is 0. The van der Waals surface area contributed by atoms with Crippen LogP contribution < -0.4 is 23.7 Å². The van der Waals surface area contributed by atoms with Crippen molar-refractivity contribution < 1.29 is 41.1 Å². The Morgan fingerprint density at radius 3 is 2.45 bits per heavy atom. The SMILES string of the molecule is COc1cc2c(cc1OC)C1C(=O)c3ccc4c(c3OC1CO2)C=CC(C)(COS(=O)(=O)c1ccc(C)cc1)O4. The van der Waals surface area contributed by atoms with Crippen LogP contribution >= 0.6 is 0 Å². The lowest BCUT2D eigenvalue weighted by Crippen LogP contribution is -2.43. The zero-order valence-electron chi connectivity index (χ0n) is 22.4. The van der Waals surface area contributed by atoms with E-state index in [-0.39, 0.29) is 23.9 Å². The summed E-state index contributed by atoms with van der Waals surface area (Å²) in [4.78, 5) is 13.9. The first kappa shape index (κ1) is 26.2. The molecule has 0 spiro atoms. The fraction of sp³-hybridized carbons (Fsp3) is 0.300. The molecule has 0 N–H and O–H groups in total. The number of benzene rings is 3. The van der Waals surface area contributed by atoms with Crippen LogP contribution in [0.2, 0.25) is 0 Å². The summed E-state index contributed by atoms with van der Waals surface area (Å²) in [6.45, 7) is 3.54. The van der Waals surface area contributed by atoms with Crippen molar-refractivity contribution in [1.82, 2.24) is 0 Å². The number of aryl methyl sites for hydroxylation is 1. The molecule has 9 nitrogen and oxygen atoms in total. The van der Waals surface area contributed by atoms with Gasteiger partial charge in [0.05, 0.1) is 36.2 Å². The van der Waals surface area contributed by atoms with Gasteiger partial charge in [-0.1, -0.05) is 17.7 Å². The second-order valence-corrected chi connectivity index (χ2v) is 11.8. The maximum atomic E-state index is 13.8. The second-order valence-electron chi connectivity index (χ2n) is 10.2. The first-order valence-corrected chi connectivity index (χ1v) is 14.1. The predicted octanol–water partition coefficient (Wildman–Crippen LogP) is 4.70. The molecule has 0 aromatic heterocycles. The Balaban J connectivity index is 1.26. The molecule has 3 atom stereocenters. The first-order valence-electron chi connectivity index (χ1n) is 12.7. The van der Waals surface area contributed by atoms with E-state index in [0.29, 0.717) is 45.4 Å². The summed E-state index contributed by atoms with van der Waals surface area (Å²) in [6.07, 6.45) is 2.93. The zero-order chi connectivity index (χ0) is 28.2. The fourth-order valence-corrected chi connectivity index (χ4v) is 6.18. The van der Waals surface area contributed by atoms with Gasteiger partial charge in [0.2, 0.25) is 0 Å². The molecule has 0 fully saturated rings. The molecule has 3 aliphatic rings. The molecule has 3 aromatic carbocycles. The van der Waals surface area contributed by atoms with E-state index in [9.17, 15) is 13.2 Å². The monoisotopic (exact) mass is 564 g/mol. The Bertz CT molecular complexity index is 1640.